The van der Waals surface area contributed by atoms with E-state index in [0.29, 0.717) is 0 Å². The lowest BCUT2D eigenvalue weighted by atomic mass is 9.37. The highest BCUT2D eigenvalue weighted by atomic mass is 15.4. The number of para-hydroxylation sites is 2. The van der Waals surface area contributed by atoms with Crippen molar-refractivity contribution in [2.75, 3.05) is 9.62 Å². The third-order valence-corrected chi connectivity index (χ3v) is 11.3. The van der Waals surface area contributed by atoms with Crippen molar-refractivity contribution in [3.63, 3.8) is 0 Å². The second-order valence-corrected chi connectivity index (χ2v) is 13.3. The van der Waals surface area contributed by atoms with Crippen LogP contribution in [0.5, 0.6) is 0 Å². The van der Waals surface area contributed by atoms with Crippen LogP contribution in [0.3, 0.4) is 0 Å². The fourth-order valence-corrected chi connectivity index (χ4v) is 9.05. The van der Waals surface area contributed by atoms with Crippen molar-refractivity contribution in [3.05, 3.63) is 152 Å². The number of fused-ring (bicyclic) bond motifs is 6. The van der Waals surface area contributed by atoms with Crippen LogP contribution < -0.4 is 18.8 Å². The van der Waals surface area contributed by atoms with Gasteiger partial charge in [0.2, 0.25) is 5.69 Å². The van der Waals surface area contributed by atoms with Crippen LogP contribution in [0.2, 0.25) is 5.31 Å². The Balaban J connectivity index is 1.33. The second-order valence-electron chi connectivity index (χ2n) is 13.3. The topological polar surface area (TPSA) is 27.1 Å². The van der Waals surface area contributed by atoms with Gasteiger partial charge in [-0.25, -0.2) is 14.1 Å². The molecule has 3 aromatic carbocycles. The molecule has 2 atom stereocenters. The molecule has 2 aliphatic heterocycles. The number of pyridine rings is 3. The number of hydrogen-bond donors (Lipinski definition) is 0. The molecule has 0 bridgehead atoms. The van der Waals surface area contributed by atoms with Gasteiger partial charge in [-0.2, -0.15) is 0 Å². The molecule has 0 fully saturated rings. The van der Waals surface area contributed by atoms with Crippen LogP contribution in [0.25, 0.3) is 22.0 Å². The van der Waals surface area contributed by atoms with Crippen molar-refractivity contribution in [2.45, 2.75) is 50.4 Å². The van der Waals surface area contributed by atoms with Gasteiger partial charge in [0.15, 0.2) is 6.20 Å². The van der Waals surface area contributed by atoms with Gasteiger partial charge in [-0.3, -0.25) is 4.81 Å². The van der Waals surface area contributed by atoms with Crippen LogP contribution in [-0.2, 0) is 19.0 Å². The van der Waals surface area contributed by atoms with Crippen molar-refractivity contribution in [1.82, 2.24) is 4.98 Å². The minimum atomic E-state index is -0.350. The smallest absolute Gasteiger partial charge is 0.324 e. The lowest BCUT2D eigenvalue weighted by molar-refractivity contribution is -0.750. The average molecular weight is 628 g/mol. The fraction of sp³-hybridized carbons (Fsp3) is 0.214. The Morgan fingerprint density at radius 3 is 2.25 bits per heavy atom. The zero-order valence-electron chi connectivity index (χ0n) is 28.1. The van der Waals surface area contributed by atoms with E-state index in [1.165, 1.54) is 44.8 Å². The molecule has 0 N–H and O–H groups in total. The largest absolute Gasteiger partial charge is 0.519 e. The summed E-state index contributed by atoms with van der Waals surface area (Å²) in [4.78, 5) is 10.1. The van der Waals surface area contributed by atoms with Gasteiger partial charge in [-0.05, 0) is 85.2 Å². The van der Waals surface area contributed by atoms with Crippen molar-refractivity contribution in [1.29, 1.82) is 0 Å². The van der Waals surface area contributed by atoms with Gasteiger partial charge in [-0.1, -0.05) is 81.1 Å². The molecule has 6 heteroatoms. The summed E-state index contributed by atoms with van der Waals surface area (Å²) < 4.78 is 4.80. The number of aryl methyl sites for hydroxylation is 2. The van der Waals surface area contributed by atoms with Gasteiger partial charge >= 0.3 is 6.98 Å². The van der Waals surface area contributed by atoms with Gasteiger partial charge in [0, 0.05) is 29.3 Å². The van der Waals surface area contributed by atoms with E-state index in [1.54, 1.807) is 0 Å². The summed E-state index contributed by atoms with van der Waals surface area (Å²) >= 11 is 0. The summed E-state index contributed by atoms with van der Waals surface area (Å²) in [6.07, 6.45) is 12.5. The second kappa shape index (κ2) is 11.8. The van der Waals surface area contributed by atoms with Crippen LogP contribution in [0.4, 0.5) is 23.0 Å². The van der Waals surface area contributed by atoms with Crippen LogP contribution >= 0.6 is 0 Å². The molecule has 6 aromatic rings. The Bertz CT molecular complexity index is 2150. The fourth-order valence-electron chi connectivity index (χ4n) is 9.05. The highest BCUT2D eigenvalue weighted by Crippen LogP contribution is 2.63. The van der Waals surface area contributed by atoms with E-state index < -0.39 is 0 Å². The highest BCUT2D eigenvalue weighted by Gasteiger charge is 2.73. The number of hydrogen-bond acceptors (Lipinski definition) is 3. The summed E-state index contributed by atoms with van der Waals surface area (Å²) in [6, 6.07) is 41.7. The van der Waals surface area contributed by atoms with Gasteiger partial charge in [0.1, 0.15) is 24.1 Å². The highest BCUT2D eigenvalue weighted by molar-refractivity contribution is 6.76. The van der Waals surface area contributed by atoms with Crippen molar-refractivity contribution < 1.29 is 9.13 Å². The molecular formula is C42H42BN5+2. The Labute approximate surface area is 284 Å². The molecule has 0 saturated carbocycles. The van der Waals surface area contributed by atoms with E-state index >= 15 is 0 Å². The molecule has 3 aromatic heterocycles. The minimum Gasteiger partial charge on any atom is -0.324 e. The molecule has 5 heterocycles. The first-order valence-corrected chi connectivity index (χ1v) is 17.3. The van der Waals surface area contributed by atoms with E-state index in [9.17, 15) is 0 Å². The Hall–Kier alpha value is -5.23. The number of anilines is 4. The van der Waals surface area contributed by atoms with Gasteiger partial charge in [0.25, 0.3) is 5.82 Å². The predicted octanol–water partition coefficient (Wildman–Crippen LogP) is 8.88. The third kappa shape index (κ3) is 4.28. The number of nitrogens with zero attached hydrogens (tertiary/aromatic N) is 5. The molecule has 0 saturated heterocycles. The number of allylic oxidation sites excluding steroid dienone is 1. The summed E-state index contributed by atoms with van der Waals surface area (Å²) in [7, 11) is 2.17. The number of rotatable bonds is 8. The van der Waals surface area contributed by atoms with Crippen LogP contribution in [0, 0.1) is 0 Å². The maximum Gasteiger partial charge on any atom is 0.519 e. The monoisotopic (exact) mass is 627 g/mol. The Morgan fingerprint density at radius 1 is 0.792 bits per heavy atom. The quantitative estimate of drug-likeness (QED) is 0.0959. The Kier molecular flexibility index (Phi) is 7.40. The molecule has 0 aliphatic carbocycles. The van der Waals surface area contributed by atoms with Gasteiger partial charge in [0.05, 0.1) is 17.2 Å². The van der Waals surface area contributed by atoms with E-state index in [1.807, 2.05) is 12.3 Å². The van der Waals surface area contributed by atoms with Crippen LogP contribution in [0.1, 0.15) is 38.7 Å². The summed E-state index contributed by atoms with van der Waals surface area (Å²) in [5.74, 6) is 2.15. The summed E-state index contributed by atoms with van der Waals surface area (Å²) in [5.41, 5.74) is 5.93. The molecule has 0 radical (unpaired) electrons. The molecule has 2 unspecified atom stereocenters. The Morgan fingerprint density at radius 2 is 1.50 bits per heavy atom. The molecular weight excluding hydrogens is 585 g/mol. The third-order valence-electron chi connectivity index (χ3n) is 11.3. The van der Waals surface area contributed by atoms with Gasteiger partial charge in [-0.15, -0.1) is 0 Å². The zero-order chi connectivity index (χ0) is 32.9. The molecule has 5 nitrogen and oxygen atoms in total. The van der Waals surface area contributed by atoms with Crippen molar-refractivity contribution >= 4 is 40.8 Å². The van der Waals surface area contributed by atoms with E-state index in [-0.39, 0.29) is 17.8 Å². The first-order valence-electron chi connectivity index (χ1n) is 17.3. The predicted molar refractivity (Wildman–Crippen MR) is 198 cm³/mol. The molecule has 2 aliphatic rings. The molecule has 0 spiro atoms. The zero-order valence-corrected chi connectivity index (χ0v) is 28.1. The summed E-state index contributed by atoms with van der Waals surface area (Å²) in [6.45, 7) is 9.32. The first kappa shape index (κ1) is 30.1. The maximum absolute atomic E-state index is 4.98. The lowest BCUT2D eigenvalue weighted by Crippen LogP contribution is -2.75. The standard InChI is InChI=1S/C42H42BN5/c1-5-41(27-26-32-18-10-11-21-35(32)38-30-33-19-8-9-20-34(33)31-45(38)4)42(6-2,7-3)46-29-17-15-25-40(46)48-37-23-13-12-22-36(37)47(43(41)48)39-24-14-16-28-44-39/h6,8-25,28-31H,2,5,7,26-27H2,1,3-4H3/q+2. The maximum atomic E-state index is 4.98. The van der Waals surface area contributed by atoms with Crippen LogP contribution in [0.15, 0.2) is 147 Å². The van der Waals surface area contributed by atoms with Gasteiger partial charge < -0.3 is 4.81 Å². The minimum absolute atomic E-state index is 0.0147. The average Bonchev–Trinajstić information content (AvgIpc) is 3.50. The molecule has 0 amide bonds. The SMILES string of the molecule is C=CC1(CC)[n+]2ccccc2N2B(N(c3ccccn3)c3ccccc32)C1(CC)CCc1ccccc1-c1cc2ccccc2c[n+]1C. The van der Waals surface area contributed by atoms with E-state index in [0.717, 1.165) is 31.5 Å². The van der Waals surface area contributed by atoms with E-state index in [4.69, 9.17) is 4.98 Å². The lowest BCUT2D eigenvalue weighted by Gasteiger charge is -2.53. The molecule has 236 valence electrons. The van der Waals surface area contributed by atoms with Crippen molar-refractivity contribution in [3.8, 4) is 11.3 Å². The number of aromatic nitrogens is 3. The first-order chi connectivity index (χ1) is 23.6. The van der Waals surface area contributed by atoms with Crippen LogP contribution in [-0.4, -0.2) is 12.0 Å². The van der Waals surface area contributed by atoms with E-state index in [2.05, 4.69) is 174 Å². The summed E-state index contributed by atoms with van der Waals surface area (Å²) in [5, 5.41) is 2.25. The normalized spacial score (nSPS) is 19.6. The number of benzene rings is 3. The molecule has 48 heavy (non-hydrogen) atoms. The molecule has 8 rings (SSSR count). The van der Waals surface area contributed by atoms with Crippen molar-refractivity contribution in [2.24, 2.45) is 7.05 Å².